The Morgan fingerprint density at radius 1 is 1.00 bits per heavy atom. The third-order valence-electron chi connectivity index (χ3n) is 2.78. The van der Waals surface area contributed by atoms with E-state index in [0.29, 0.717) is 11.1 Å². The Bertz CT molecular complexity index is 526. The molecule has 0 unspecified atom stereocenters. The molecule has 0 bridgehead atoms. The van der Waals surface area contributed by atoms with Crippen LogP contribution < -0.4 is 0 Å². The third-order valence-corrected chi connectivity index (χ3v) is 3.50. The molecular formula is C15H18Cl2O2. The normalized spacial score (nSPS) is 11.8. The summed E-state index contributed by atoms with van der Waals surface area (Å²) >= 11 is 11.9. The molecule has 0 aromatic heterocycles. The van der Waals surface area contributed by atoms with Gasteiger partial charge in [0.1, 0.15) is 0 Å². The first-order chi connectivity index (χ1) is 8.55. The molecule has 0 atom stereocenters. The van der Waals surface area contributed by atoms with Crippen LogP contribution >= 0.6 is 23.2 Å². The number of halogens is 2. The highest BCUT2D eigenvalue weighted by molar-refractivity contribution is 6.42. The van der Waals surface area contributed by atoms with E-state index in [-0.39, 0.29) is 27.5 Å². The summed E-state index contributed by atoms with van der Waals surface area (Å²) in [5.41, 5.74) is 0.119. The second-order valence-corrected chi connectivity index (χ2v) is 6.72. The van der Waals surface area contributed by atoms with Crippen LogP contribution in [-0.2, 0) is 0 Å². The van der Waals surface area contributed by atoms with E-state index >= 15 is 0 Å². The SMILES string of the molecule is CC(C)C(=O)c1cc(Cl)c(Cl)cc1C(=O)C(C)(C)C. The second-order valence-electron chi connectivity index (χ2n) is 5.91. The molecule has 0 radical (unpaired) electrons. The smallest absolute Gasteiger partial charge is 0.168 e. The average Bonchev–Trinajstić information content (AvgIpc) is 2.28. The van der Waals surface area contributed by atoms with Crippen LogP contribution in [0.15, 0.2) is 12.1 Å². The van der Waals surface area contributed by atoms with Crippen molar-refractivity contribution in [3.63, 3.8) is 0 Å². The van der Waals surface area contributed by atoms with Crippen LogP contribution in [0, 0.1) is 11.3 Å². The second kappa shape index (κ2) is 5.64. The highest BCUT2D eigenvalue weighted by atomic mass is 35.5. The molecule has 1 rings (SSSR count). The zero-order chi connectivity index (χ0) is 15.0. The van der Waals surface area contributed by atoms with Crippen molar-refractivity contribution in [3.05, 3.63) is 33.3 Å². The predicted molar refractivity (Wildman–Crippen MR) is 79.4 cm³/mol. The van der Waals surface area contributed by atoms with Crippen LogP contribution in [0.4, 0.5) is 0 Å². The summed E-state index contributed by atoms with van der Waals surface area (Å²) in [7, 11) is 0. The monoisotopic (exact) mass is 300 g/mol. The quantitative estimate of drug-likeness (QED) is 0.731. The lowest BCUT2D eigenvalue weighted by Crippen LogP contribution is -2.24. The standard InChI is InChI=1S/C15H18Cl2O2/c1-8(2)13(18)9-6-11(16)12(17)7-10(9)14(19)15(3,4)5/h6-8H,1-5H3. The Morgan fingerprint density at radius 2 is 1.42 bits per heavy atom. The van der Waals surface area contributed by atoms with E-state index in [1.54, 1.807) is 13.8 Å². The largest absolute Gasteiger partial charge is 0.294 e. The number of carbonyl (C=O) groups excluding carboxylic acids is 2. The van der Waals surface area contributed by atoms with Gasteiger partial charge in [0.25, 0.3) is 0 Å². The van der Waals surface area contributed by atoms with E-state index in [4.69, 9.17) is 23.2 Å². The van der Waals surface area contributed by atoms with Gasteiger partial charge in [-0.2, -0.15) is 0 Å². The minimum absolute atomic E-state index is 0.105. The van der Waals surface area contributed by atoms with Crippen molar-refractivity contribution < 1.29 is 9.59 Å². The zero-order valence-corrected chi connectivity index (χ0v) is 13.3. The first-order valence-electron chi connectivity index (χ1n) is 6.13. The van der Waals surface area contributed by atoms with Crippen molar-refractivity contribution in [3.8, 4) is 0 Å². The van der Waals surface area contributed by atoms with Gasteiger partial charge in [0.05, 0.1) is 10.0 Å². The molecule has 0 saturated carbocycles. The number of benzene rings is 1. The molecule has 0 fully saturated rings. The van der Waals surface area contributed by atoms with E-state index in [0.717, 1.165) is 0 Å². The van der Waals surface area contributed by atoms with Crippen molar-refractivity contribution in [1.82, 2.24) is 0 Å². The maximum atomic E-state index is 12.4. The number of hydrogen-bond donors (Lipinski definition) is 0. The van der Waals surface area contributed by atoms with Crippen LogP contribution in [0.25, 0.3) is 0 Å². The summed E-state index contributed by atoms with van der Waals surface area (Å²) < 4.78 is 0. The lowest BCUT2D eigenvalue weighted by Gasteiger charge is -2.20. The summed E-state index contributed by atoms with van der Waals surface area (Å²) in [5, 5.41) is 0.575. The molecule has 0 spiro atoms. The number of carbonyl (C=O) groups is 2. The molecule has 1 aromatic rings. The van der Waals surface area contributed by atoms with Gasteiger partial charge < -0.3 is 0 Å². The minimum Gasteiger partial charge on any atom is -0.294 e. The van der Waals surface area contributed by atoms with Gasteiger partial charge >= 0.3 is 0 Å². The summed E-state index contributed by atoms with van der Waals surface area (Å²) in [5.74, 6) is -0.426. The number of hydrogen-bond acceptors (Lipinski definition) is 2. The van der Waals surface area contributed by atoms with Crippen LogP contribution in [-0.4, -0.2) is 11.6 Å². The Labute approximate surface area is 124 Å². The fourth-order valence-corrected chi connectivity index (χ4v) is 1.98. The van der Waals surface area contributed by atoms with Crippen LogP contribution in [0.5, 0.6) is 0 Å². The van der Waals surface area contributed by atoms with E-state index in [1.807, 2.05) is 20.8 Å². The molecule has 0 aliphatic rings. The van der Waals surface area contributed by atoms with Gasteiger partial charge in [0.2, 0.25) is 0 Å². The molecular weight excluding hydrogens is 283 g/mol. The van der Waals surface area contributed by atoms with Gasteiger partial charge in [-0.05, 0) is 12.1 Å². The van der Waals surface area contributed by atoms with Crippen molar-refractivity contribution in [2.75, 3.05) is 0 Å². The molecule has 0 heterocycles. The minimum atomic E-state index is -0.580. The summed E-state index contributed by atoms with van der Waals surface area (Å²) in [4.78, 5) is 24.6. The fourth-order valence-electron chi connectivity index (χ4n) is 1.65. The van der Waals surface area contributed by atoms with Crippen molar-refractivity contribution in [1.29, 1.82) is 0 Å². The maximum absolute atomic E-state index is 12.4. The molecule has 1 aromatic carbocycles. The summed E-state index contributed by atoms with van der Waals surface area (Å²) in [6.45, 7) is 9.00. The molecule has 2 nitrogen and oxygen atoms in total. The van der Waals surface area contributed by atoms with Gasteiger partial charge in [-0.25, -0.2) is 0 Å². The fraction of sp³-hybridized carbons (Fsp3) is 0.467. The molecule has 4 heteroatoms. The zero-order valence-electron chi connectivity index (χ0n) is 11.8. The van der Waals surface area contributed by atoms with Gasteiger partial charge in [-0.15, -0.1) is 0 Å². The first kappa shape index (κ1) is 16.2. The third kappa shape index (κ3) is 3.58. The summed E-state index contributed by atoms with van der Waals surface area (Å²) in [6.07, 6.45) is 0. The van der Waals surface area contributed by atoms with E-state index in [9.17, 15) is 9.59 Å². The van der Waals surface area contributed by atoms with Crippen molar-refractivity contribution in [2.24, 2.45) is 11.3 Å². The van der Waals surface area contributed by atoms with Crippen molar-refractivity contribution in [2.45, 2.75) is 34.6 Å². The van der Waals surface area contributed by atoms with Crippen LogP contribution in [0.3, 0.4) is 0 Å². The Morgan fingerprint density at radius 3 is 1.79 bits per heavy atom. The molecule has 0 N–H and O–H groups in total. The first-order valence-corrected chi connectivity index (χ1v) is 6.89. The number of ketones is 2. The van der Waals surface area contributed by atoms with E-state index in [1.165, 1.54) is 12.1 Å². The predicted octanol–water partition coefficient (Wildman–Crippen LogP) is 5.06. The van der Waals surface area contributed by atoms with Crippen molar-refractivity contribution >= 4 is 34.8 Å². The van der Waals surface area contributed by atoms with Gasteiger partial charge in [0, 0.05) is 22.5 Å². The molecule has 104 valence electrons. The van der Waals surface area contributed by atoms with Gasteiger partial charge in [-0.3, -0.25) is 9.59 Å². The van der Waals surface area contributed by atoms with E-state index in [2.05, 4.69) is 0 Å². The van der Waals surface area contributed by atoms with Crippen LogP contribution in [0.1, 0.15) is 55.3 Å². The van der Waals surface area contributed by atoms with Gasteiger partial charge in [0.15, 0.2) is 11.6 Å². The molecule has 0 aliphatic carbocycles. The Hall–Kier alpha value is -0.860. The average molecular weight is 301 g/mol. The molecule has 0 saturated heterocycles. The topological polar surface area (TPSA) is 34.1 Å². The maximum Gasteiger partial charge on any atom is 0.168 e. The molecule has 19 heavy (non-hydrogen) atoms. The van der Waals surface area contributed by atoms with E-state index < -0.39 is 5.41 Å². The molecule has 0 aliphatic heterocycles. The lowest BCUT2D eigenvalue weighted by molar-refractivity contribution is 0.0846. The highest BCUT2D eigenvalue weighted by Gasteiger charge is 2.28. The Balaban J connectivity index is 3.50. The highest BCUT2D eigenvalue weighted by Crippen LogP contribution is 2.31. The van der Waals surface area contributed by atoms with Gasteiger partial charge in [-0.1, -0.05) is 57.8 Å². The number of rotatable bonds is 3. The molecule has 0 amide bonds. The Kier molecular flexibility index (Phi) is 4.81. The van der Waals surface area contributed by atoms with Crippen LogP contribution in [0.2, 0.25) is 10.0 Å². The lowest BCUT2D eigenvalue weighted by atomic mass is 9.83. The number of Topliss-reactive ketones (excluding diaryl/α,β-unsaturated/α-hetero) is 2. The summed E-state index contributed by atoms with van der Waals surface area (Å²) in [6, 6.07) is 2.98.